The van der Waals surface area contributed by atoms with Gasteiger partial charge < -0.3 is 34.1 Å². The van der Waals surface area contributed by atoms with Crippen LogP contribution in [0.4, 0.5) is 102 Å². The van der Waals surface area contributed by atoms with Crippen LogP contribution in [0.2, 0.25) is 0 Å². The molecule has 14 aromatic rings. The predicted molar refractivity (Wildman–Crippen MR) is 400 cm³/mol. The zero-order chi connectivity index (χ0) is 61.7. The summed E-state index contributed by atoms with van der Waals surface area (Å²) in [4.78, 5) is 15.3. The van der Waals surface area contributed by atoms with E-state index < -0.39 is 0 Å². The molecule has 22 rings (SSSR count). The molecule has 0 radical (unpaired) electrons. The predicted octanol–water partition coefficient (Wildman–Crippen LogP) is 12.9. The van der Waals surface area contributed by atoms with E-state index in [4.69, 9.17) is 4.74 Å². The van der Waals surface area contributed by atoms with Crippen LogP contribution in [-0.2, 0) is 0 Å². The van der Waals surface area contributed by atoms with Crippen LogP contribution in [0, 0.1) is 0 Å². The first-order chi connectivity index (χ1) is 47.2. The largest absolute Gasteiger partial charge is 0.458 e. The van der Waals surface area contributed by atoms with E-state index in [1.54, 1.807) is 0 Å². The maximum absolute atomic E-state index is 7.42. The van der Waals surface area contributed by atoms with E-state index in [-0.39, 0.29) is 26.9 Å². The lowest BCUT2D eigenvalue weighted by Crippen LogP contribution is -2.70. The second-order valence-electron chi connectivity index (χ2n) is 26.2. The number of para-hydroxylation sites is 9. The van der Waals surface area contributed by atoms with Crippen molar-refractivity contribution in [3.8, 4) is 11.5 Å². The normalized spacial score (nSPS) is 14.4. The van der Waals surface area contributed by atoms with Gasteiger partial charge in [-0.1, -0.05) is 188 Å². The van der Waals surface area contributed by atoms with Gasteiger partial charge in [0.05, 0.1) is 0 Å². The van der Waals surface area contributed by atoms with E-state index in [2.05, 4.69) is 345 Å². The van der Waals surface area contributed by atoms with Crippen molar-refractivity contribution >= 4 is 195 Å². The lowest BCUT2D eigenvalue weighted by Gasteiger charge is -2.51. The Morgan fingerprint density at radius 1 is 0.179 bits per heavy atom. The van der Waals surface area contributed by atoms with Gasteiger partial charge in [-0.15, -0.1) is 0 Å². The molecule has 8 heterocycles. The topological polar surface area (TPSA) is 28.7 Å². The number of hydrogen-bond acceptors (Lipinski definition) is 7. The van der Waals surface area contributed by atoms with Crippen LogP contribution in [0.1, 0.15) is 0 Å². The minimum atomic E-state index is -0.157. The number of nitrogens with zero attached hydrogens (tertiary/aromatic N) is 6. The van der Waals surface area contributed by atoms with Crippen molar-refractivity contribution in [3.63, 3.8) is 0 Å². The fourth-order valence-electron chi connectivity index (χ4n) is 18.1. The van der Waals surface area contributed by atoms with Gasteiger partial charge in [0.15, 0.2) is 0 Å². The summed E-state index contributed by atoms with van der Waals surface area (Å²) in [6, 6.07) is 118. The molecule has 95 heavy (non-hydrogen) atoms. The van der Waals surface area contributed by atoms with Crippen molar-refractivity contribution in [2.75, 3.05) is 29.4 Å². The van der Waals surface area contributed by atoms with E-state index in [1.807, 2.05) is 0 Å². The molecule has 436 valence electrons. The second kappa shape index (κ2) is 19.3. The third kappa shape index (κ3) is 6.88. The molecular weight excluding hydrogens is 1150 g/mol. The van der Waals surface area contributed by atoms with Crippen LogP contribution in [0.5, 0.6) is 11.5 Å². The van der Waals surface area contributed by atoms with Crippen LogP contribution in [0.15, 0.2) is 315 Å². The zero-order valence-corrected chi connectivity index (χ0v) is 51.4. The van der Waals surface area contributed by atoms with Crippen molar-refractivity contribution in [3.05, 3.63) is 315 Å². The Labute approximate surface area is 552 Å². The number of anilines is 18. The number of benzene rings is 14. The first kappa shape index (κ1) is 51.5. The highest BCUT2D eigenvalue weighted by atomic mass is 16.5. The number of rotatable bonds is 5. The minimum absolute atomic E-state index is 0.0795. The van der Waals surface area contributed by atoms with Crippen LogP contribution in [-0.4, -0.2) is 26.9 Å². The maximum Gasteiger partial charge on any atom is 0.256 e. The molecule has 8 aliphatic heterocycles. The van der Waals surface area contributed by atoms with Gasteiger partial charge in [0, 0.05) is 108 Å². The lowest BCUT2D eigenvalue weighted by atomic mass is 9.27. The standard InChI is InChI=1S/C84H52B4N6O/c1-6-26-53(27-7-1)89-66-40-20-16-36-58(66)85-62-48-63-74(50-73(62)91(55-30-10-3-11-31-55)71-45-24-44-70(89)80(71)85)92(56-32-12-4-13-33-56)76-51-77-83-84-82(76)86(63)60-38-18-22-42-68(60)94(84)69-43-23-19-39-61(69)87(83)64-49-65-79(52-75(64)93(77)57-34-14-5-15-35-57)95-78-47-25-46-72-81(78)88(65)59-37-17-21-41-67(59)90(72)54-28-8-2-9-29-54/h1-52H. The van der Waals surface area contributed by atoms with Crippen molar-refractivity contribution in [2.24, 2.45) is 0 Å². The van der Waals surface area contributed by atoms with Gasteiger partial charge in [-0.05, 0) is 187 Å². The molecule has 7 nitrogen and oxygen atoms in total. The van der Waals surface area contributed by atoms with Gasteiger partial charge >= 0.3 is 0 Å². The van der Waals surface area contributed by atoms with Crippen LogP contribution < -0.4 is 99.7 Å². The minimum Gasteiger partial charge on any atom is -0.458 e. The molecular formula is C84H52B4N6O. The Hall–Kier alpha value is -12.1. The number of hydrogen-bond donors (Lipinski definition) is 0. The molecule has 0 unspecified atom stereocenters. The van der Waals surface area contributed by atoms with Crippen molar-refractivity contribution in [1.29, 1.82) is 0 Å². The first-order valence-corrected chi connectivity index (χ1v) is 33.1. The Morgan fingerprint density at radius 2 is 0.474 bits per heavy atom. The highest BCUT2D eigenvalue weighted by Gasteiger charge is 2.54. The SMILES string of the molecule is c1ccc(N2c3ccccc3B3c4cc5c(cc4Oc4cccc2c43)N(c2ccccc2)c2cc3c4c6c2B5c2ccccc2N6c2ccccc2B4c2cc4c(cc2N3c2ccccc2)N(c2ccccc2)c2cccc3c2B4c2ccccc2N3c2ccccc2)cc1. The highest BCUT2D eigenvalue weighted by molar-refractivity contribution is 7.06. The average Bonchev–Trinajstić information content (AvgIpc) is 0.670. The summed E-state index contributed by atoms with van der Waals surface area (Å²) in [6.07, 6.45) is 0. The Balaban J connectivity index is 0.834. The van der Waals surface area contributed by atoms with E-state index in [1.165, 1.54) is 111 Å². The zero-order valence-electron chi connectivity index (χ0n) is 51.4. The third-order valence-corrected chi connectivity index (χ3v) is 21.6. The third-order valence-electron chi connectivity index (χ3n) is 21.6. The van der Waals surface area contributed by atoms with Crippen molar-refractivity contribution in [1.82, 2.24) is 0 Å². The summed E-state index contributed by atoms with van der Waals surface area (Å²) < 4.78 is 7.42. The lowest BCUT2D eigenvalue weighted by molar-refractivity contribution is 0.488. The van der Waals surface area contributed by atoms with Crippen molar-refractivity contribution < 1.29 is 4.74 Å². The van der Waals surface area contributed by atoms with Gasteiger partial charge in [-0.2, -0.15) is 0 Å². The molecule has 11 heteroatoms. The number of fused-ring (bicyclic) bond motifs is 18. The fourth-order valence-corrected chi connectivity index (χ4v) is 18.1. The van der Waals surface area contributed by atoms with Gasteiger partial charge in [-0.25, -0.2) is 0 Å². The Morgan fingerprint density at radius 3 is 0.905 bits per heavy atom. The molecule has 0 amide bonds. The van der Waals surface area contributed by atoms with Gasteiger partial charge in [0.25, 0.3) is 26.9 Å². The molecule has 0 aromatic heterocycles. The first-order valence-electron chi connectivity index (χ1n) is 33.1. The molecule has 14 aromatic carbocycles. The summed E-state index contributed by atoms with van der Waals surface area (Å²) >= 11 is 0. The van der Waals surface area contributed by atoms with Crippen LogP contribution >= 0.6 is 0 Å². The Bertz CT molecular complexity index is 5630. The summed E-state index contributed by atoms with van der Waals surface area (Å²) in [6.45, 7) is -0.484. The van der Waals surface area contributed by atoms with Gasteiger partial charge in [0.1, 0.15) is 11.5 Å². The van der Waals surface area contributed by atoms with E-state index in [9.17, 15) is 0 Å². The molecule has 0 fully saturated rings. The summed E-state index contributed by atoms with van der Waals surface area (Å²) in [5, 5.41) is 0. The average molecular weight is 1200 g/mol. The highest BCUT2D eigenvalue weighted by Crippen LogP contribution is 2.53. The molecule has 0 saturated heterocycles. The molecule has 0 bridgehead atoms. The van der Waals surface area contributed by atoms with E-state index in [0.29, 0.717) is 0 Å². The number of ether oxygens (including phenoxy) is 1. The van der Waals surface area contributed by atoms with Crippen LogP contribution in [0.25, 0.3) is 0 Å². The fraction of sp³-hybridized carbons (Fsp3) is 0. The van der Waals surface area contributed by atoms with Gasteiger partial charge in [-0.3, -0.25) is 0 Å². The maximum atomic E-state index is 7.42. The van der Waals surface area contributed by atoms with E-state index >= 15 is 0 Å². The summed E-state index contributed by atoms with van der Waals surface area (Å²) in [7, 11) is 0. The second-order valence-corrected chi connectivity index (χ2v) is 26.2. The smallest absolute Gasteiger partial charge is 0.256 e. The summed E-state index contributed by atoms with van der Waals surface area (Å²) in [5.74, 6) is 1.76. The quantitative estimate of drug-likeness (QED) is 0.159. The molecule has 0 aliphatic carbocycles. The molecule has 0 atom stereocenters. The van der Waals surface area contributed by atoms with Crippen molar-refractivity contribution in [2.45, 2.75) is 0 Å². The summed E-state index contributed by atoms with van der Waals surface area (Å²) in [5.41, 5.74) is 36.1. The van der Waals surface area contributed by atoms with E-state index in [0.717, 1.165) is 68.4 Å². The Kier molecular flexibility index (Phi) is 10.5. The monoisotopic (exact) mass is 1200 g/mol. The molecule has 0 spiro atoms. The van der Waals surface area contributed by atoms with Crippen LogP contribution in [0.3, 0.4) is 0 Å². The molecule has 8 aliphatic rings. The molecule has 0 saturated carbocycles. The molecule has 0 N–H and O–H groups in total. The van der Waals surface area contributed by atoms with Gasteiger partial charge in [0.2, 0.25) is 0 Å².